The van der Waals surface area contributed by atoms with Crippen LogP contribution in [-0.4, -0.2) is 18.9 Å². The second-order valence-corrected chi connectivity index (χ2v) is 5.39. The summed E-state index contributed by atoms with van der Waals surface area (Å²) in [5.41, 5.74) is 1.10. The van der Waals surface area contributed by atoms with E-state index in [2.05, 4.69) is 33.3 Å². The molecule has 0 bridgehead atoms. The standard InChI is InChI=1S/C15H19BrN2O3/c1-3-6-20-15-13(16)7-11(8-14(15)19-2)9-17-10-12-4-5-18-21-12/h4-5,7-8,17H,3,6,9-10H2,1-2H3. The Balaban J connectivity index is 2.01. The highest BCUT2D eigenvalue weighted by atomic mass is 79.9. The molecule has 0 aliphatic heterocycles. The van der Waals surface area contributed by atoms with Crippen molar-refractivity contribution in [2.24, 2.45) is 0 Å². The molecule has 0 saturated heterocycles. The monoisotopic (exact) mass is 354 g/mol. The van der Waals surface area contributed by atoms with E-state index in [9.17, 15) is 0 Å². The average molecular weight is 355 g/mol. The van der Waals surface area contributed by atoms with Gasteiger partial charge in [0.15, 0.2) is 11.5 Å². The smallest absolute Gasteiger partial charge is 0.175 e. The molecule has 0 spiro atoms. The quantitative estimate of drug-likeness (QED) is 0.785. The van der Waals surface area contributed by atoms with Gasteiger partial charge in [-0.05, 0) is 40.0 Å². The van der Waals surface area contributed by atoms with E-state index >= 15 is 0 Å². The second kappa shape index (κ2) is 8.05. The minimum absolute atomic E-state index is 0.633. The molecule has 0 saturated carbocycles. The molecule has 1 aromatic carbocycles. The Hall–Kier alpha value is -1.53. The minimum atomic E-state index is 0.633. The van der Waals surface area contributed by atoms with Crippen LogP contribution in [0.25, 0.3) is 0 Å². The van der Waals surface area contributed by atoms with E-state index in [4.69, 9.17) is 14.0 Å². The first-order chi connectivity index (χ1) is 10.2. The maximum absolute atomic E-state index is 5.71. The van der Waals surface area contributed by atoms with Crippen molar-refractivity contribution in [1.29, 1.82) is 0 Å². The molecule has 0 atom stereocenters. The summed E-state index contributed by atoms with van der Waals surface area (Å²) in [7, 11) is 1.65. The Morgan fingerprint density at radius 3 is 2.86 bits per heavy atom. The van der Waals surface area contributed by atoms with E-state index in [1.54, 1.807) is 13.3 Å². The van der Waals surface area contributed by atoms with Crippen LogP contribution in [0.3, 0.4) is 0 Å². The third-order valence-corrected chi connectivity index (χ3v) is 3.45. The summed E-state index contributed by atoms with van der Waals surface area (Å²) < 4.78 is 17.0. The van der Waals surface area contributed by atoms with E-state index in [1.165, 1.54) is 0 Å². The average Bonchev–Trinajstić information content (AvgIpc) is 2.99. The van der Waals surface area contributed by atoms with Crippen molar-refractivity contribution in [3.63, 3.8) is 0 Å². The Kier molecular flexibility index (Phi) is 6.07. The maximum Gasteiger partial charge on any atom is 0.175 e. The molecule has 2 aromatic rings. The van der Waals surface area contributed by atoms with Crippen LogP contribution in [0.1, 0.15) is 24.7 Å². The van der Waals surface area contributed by atoms with Gasteiger partial charge in [0.05, 0.1) is 30.9 Å². The van der Waals surface area contributed by atoms with Crippen LogP contribution in [0, 0.1) is 0 Å². The van der Waals surface area contributed by atoms with E-state index < -0.39 is 0 Å². The fraction of sp³-hybridized carbons (Fsp3) is 0.400. The van der Waals surface area contributed by atoms with Crippen LogP contribution in [0.5, 0.6) is 11.5 Å². The van der Waals surface area contributed by atoms with Crippen LogP contribution in [0.15, 0.2) is 33.4 Å². The van der Waals surface area contributed by atoms with Crippen LogP contribution in [0.4, 0.5) is 0 Å². The normalized spacial score (nSPS) is 10.6. The number of rotatable bonds is 8. The molecular formula is C15H19BrN2O3. The summed E-state index contributed by atoms with van der Waals surface area (Å²) in [6.07, 6.45) is 2.59. The third kappa shape index (κ3) is 4.47. The molecule has 0 aliphatic rings. The molecule has 0 radical (unpaired) electrons. The van der Waals surface area contributed by atoms with Gasteiger partial charge >= 0.3 is 0 Å². The van der Waals surface area contributed by atoms with Crippen LogP contribution >= 0.6 is 15.9 Å². The molecule has 1 aromatic heterocycles. The highest BCUT2D eigenvalue weighted by molar-refractivity contribution is 9.10. The lowest BCUT2D eigenvalue weighted by Crippen LogP contribution is -2.12. The summed E-state index contributed by atoms with van der Waals surface area (Å²) in [6.45, 7) is 4.07. The molecule has 21 heavy (non-hydrogen) atoms. The molecular weight excluding hydrogens is 336 g/mol. The first-order valence-corrected chi connectivity index (χ1v) is 7.63. The molecule has 5 nitrogen and oxygen atoms in total. The highest BCUT2D eigenvalue weighted by Gasteiger charge is 2.11. The number of nitrogens with zero attached hydrogens (tertiary/aromatic N) is 1. The molecule has 0 amide bonds. The summed E-state index contributed by atoms with van der Waals surface area (Å²) in [4.78, 5) is 0. The van der Waals surface area contributed by atoms with Crippen LogP contribution < -0.4 is 14.8 Å². The van der Waals surface area contributed by atoms with Gasteiger partial charge in [-0.2, -0.15) is 0 Å². The van der Waals surface area contributed by atoms with Crippen LogP contribution in [0.2, 0.25) is 0 Å². The highest BCUT2D eigenvalue weighted by Crippen LogP contribution is 2.36. The van der Waals surface area contributed by atoms with E-state index in [1.807, 2.05) is 18.2 Å². The van der Waals surface area contributed by atoms with Crippen molar-refractivity contribution in [3.8, 4) is 11.5 Å². The zero-order valence-electron chi connectivity index (χ0n) is 12.2. The zero-order valence-corrected chi connectivity index (χ0v) is 13.8. The van der Waals surface area contributed by atoms with Crippen LogP contribution in [-0.2, 0) is 13.1 Å². The number of hydrogen-bond donors (Lipinski definition) is 1. The SMILES string of the molecule is CCCOc1c(Br)cc(CNCc2ccno2)cc1OC. The Morgan fingerprint density at radius 2 is 2.19 bits per heavy atom. The first kappa shape index (κ1) is 15.9. The van der Waals surface area contributed by atoms with Crippen molar-refractivity contribution >= 4 is 15.9 Å². The first-order valence-electron chi connectivity index (χ1n) is 6.84. The third-order valence-electron chi connectivity index (χ3n) is 2.86. The van der Waals surface area contributed by atoms with E-state index in [0.29, 0.717) is 19.7 Å². The van der Waals surface area contributed by atoms with Gasteiger partial charge in [-0.3, -0.25) is 0 Å². The van der Waals surface area contributed by atoms with Gasteiger partial charge in [-0.1, -0.05) is 12.1 Å². The van der Waals surface area contributed by atoms with Crippen molar-refractivity contribution in [3.05, 3.63) is 40.2 Å². The van der Waals surface area contributed by atoms with Crippen molar-refractivity contribution in [2.45, 2.75) is 26.4 Å². The summed E-state index contributed by atoms with van der Waals surface area (Å²) in [5, 5.41) is 6.96. The van der Waals surface area contributed by atoms with Gasteiger partial charge in [-0.25, -0.2) is 0 Å². The Morgan fingerprint density at radius 1 is 1.33 bits per heavy atom. The molecule has 1 heterocycles. The van der Waals surface area contributed by atoms with Crippen molar-refractivity contribution in [2.75, 3.05) is 13.7 Å². The molecule has 114 valence electrons. The van der Waals surface area contributed by atoms with Crippen molar-refractivity contribution in [1.82, 2.24) is 10.5 Å². The zero-order chi connectivity index (χ0) is 15.1. The minimum Gasteiger partial charge on any atom is -0.493 e. The topological polar surface area (TPSA) is 56.5 Å². The lowest BCUT2D eigenvalue weighted by atomic mass is 10.2. The number of benzene rings is 1. The summed E-state index contributed by atoms with van der Waals surface area (Å²) >= 11 is 3.54. The summed E-state index contributed by atoms with van der Waals surface area (Å²) in [5.74, 6) is 2.29. The van der Waals surface area contributed by atoms with Gasteiger partial charge in [0, 0.05) is 12.6 Å². The Labute approximate surface area is 132 Å². The number of nitrogens with one attached hydrogen (secondary N) is 1. The lowest BCUT2D eigenvalue weighted by Gasteiger charge is -2.14. The van der Waals surface area contributed by atoms with Gasteiger partial charge in [0.2, 0.25) is 0 Å². The van der Waals surface area contributed by atoms with E-state index in [-0.39, 0.29) is 0 Å². The van der Waals surface area contributed by atoms with Gasteiger partial charge < -0.3 is 19.3 Å². The van der Waals surface area contributed by atoms with E-state index in [0.717, 1.165) is 33.7 Å². The van der Waals surface area contributed by atoms with Gasteiger partial charge in [0.1, 0.15) is 5.76 Å². The molecule has 0 unspecified atom stereocenters. The molecule has 1 N–H and O–H groups in total. The largest absolute Gasteiger partial charge is 0.493 e. The number of methoxy groups -OCH3 is 1. The van der Waals surface area contributed by atoms with Gasteiger partial charge in [-0.15, -0.1) is 0 Å². The predicted molar refractivity (Wildman–Crippen MR) is 83.5 cm³/mol. The Bertz CT molecular complexity index is 558. The number of hydrogen-bond acceptors (Lipinski definition) is 5. The maximum atomic E-state index is 5.71. The molecule has 0 fully saturated rings. The summed E-state index contributed by atoms with van der Waals surface area (Å²) in [6, 6.07) is 5.84. The van der Waals surface area contributed by atoms with Gasteiger partial charge in [0.25, 0.3) is 0 Å². The fourth-order valence-corrected chi connectivity index (χ4v) is 2.49. The lowest BCUT2D eigenvalue weighted by molar-refractivity contribution is 0.292. The molecule has 6 heteroatoms. The fourth-order valence-electron chi connectivity index (χ4n) is 1.88. The molecule has 0 aliphatic carbocycles. The van der Waals surface area contributed by atoms with Crippen molar-refractivity contribution < 1.29 is 14.0 Å². The second-order valence-electron chi connectivity index (χ2n) is 4.54. The number of ether oxygens (including phenoxy) is 2. The molecule has 2 rings (SSSR count). The number of aromatic nitrogens is 1. The number of halogens is 1. The predicted octanol–water partition coefficient (Wildman–Crippen LogP) is 3.52.